The summed E-state index contributed by atoms with van der Waals surface area (Å²) >= 11 is 0. The molecule has 8 heteroatoms. The summed E-state index contributed by atoms with van der Waals surface area (Å²) in [6, 6.07) is 24.2. The molecule has 198 valence electrons. The number of carbonyl (C=O) groups excluding carboxylic acids is 2. The van der Waals surface area contributed by atoms with E-state index < -0.39 is 30.4 Å². The molecular weight excluding hydrogens is 482 g/mol. The highest BCUT2D eigenvalue weighted by molar-refractivity contribution is 5.89. The first-order valence-electron chi connectivity index (χ1n) is 12.6. The number of ether oxygens (including phenoxy) is 1. The van der Waals surface area contributed by atoms with Gasteiger partial charge in [0.15, 0.2) is 0 Å². The number of hydrogen-bond donors (Lipinski definition) is 2. The van der Waals surface area contributed by atoms with Gasteiger partial charge in [-0.25, -0.2) is 4.79 Å². The summed E-state index contributed by atoms with van der Waals surface area (Å²) in [6.45, 7) is 1.34. The predicted molar refractivity (Wildman–Crippen MR) is 145 cm³/mol. The Morgan fingerprint density at radius 2 is 1.45 bits per heavy atom. The Labute approximate surface area is 222 Å². The largest absolute Gasteiger partial charge is 0.481 e. The number of benzene rings is 3. The molecule has 1 aliphatic carbocycles. The number of nitrogens with one attached hydrogen (secondary N) is 1. The van der Waals surface area contributed by atoms with E-state index in [1.165, 1.54) is 0 Å². The third-order valence-corrected chi connectivity index (χ3v) is 6.66. The van der Waals surface area contributed by atoms with Crippen LogP contribution in [0.25, 0.3) is 11.1 Å². The van der Waals surface area contributed by atoms with Gasteiger partial charge in [-0.1, -0.05) is 78.9 Å². The predicted octanol–water partition coefficient (Wildman–Crippen LogP) is 3.96. The van der Waals surface area contributed by atoms with E-state index in [2.05, 4.69) is 5.32 Å². The maximum atomic E-state index is 13.5. The lowest BCUT2D eigenvalue weighted by Crippen LogP contribution is -2.50. The third kappa shape index (κ3) is 6.58. The first-order valence-corrected chi connectivity index (χ1v) is 12.6. The van der Waals surface area contributed by atoms with E-state index in [0.717, 1.165) is 27.8 Å². The summed E-state index contributed by atoms with van der Waals surface area (Å²) in [5.74, 6) is -1.79. The first kappa shape index (κ1) is 26.9. The number of likely N-dealkylation sites (N-methyl/N-ethyl adjacent to an activating group) is 1. The van der Waals surface area contributed by atoms with Crippen molar-refractivity contribution < 1.29 is 24.2 Å². The number of alkyl carbamates (subject to hydrolysis) is 1. The SMILES string of the molecule is CN(C)CCN(Cc1ccccc1)C(=O)C(CC(=O)O)NC(=O)OCC1c2ccccc2-c2ccccc21. The van der Waals surface area contributed by atoms with Crippen molar-refractivity contribution in [1.82, 2.24) is 15.1 Å². The van der Waals surface area contributed by atoms with Gasteiger partial charge < -0.3 is 25.0 Å². The molecule has 3 aromatic carbocycles. The number of carbonyl (C=O) groups is 3. The van der Waals surface area contributed by atoms with Gasteiger partial charge >= 0.3 is 12.1 Å². The zero-order chi connectivity index (χ0) is 27.1. The Balaban J connectivity index is 1.46. The lowest BCUT2D eigenvalue weighted by atomic mass is 9.98. The van der Waals surface area contributed by atoms with Crippen LogP contribution in [0, 0.1) is 0 Å². The van der Waals surface area contributed by atoms with Crippen LogP contribution in [-0.2, 0) is 20.9 Å². The van der Waals surface area contributed by atoms with E-state index in [0.29, 0.717) is 19.6 Å². The lowest BCUT2D eigenvalue weighted by molar-refractivity contribution is -0.142. The van der Waals surface area contributed by atoms with Gasteiger partial charge in [0.2, 0.25) is 5.91 Å². The van der Waals surface area contributed by atoms with Crippen molar-refractivity contribution in [3.05, 3.63) is 95.6 Å². The number of carboxylic acids is 1. The zero-order valence-electron chi connectivity index (χ0n) is 21.7. The minimum Gasteiger partial charge on any atom is -0.481 e. The number of nitrogens with zero attached hydrogens (tertiary/aromatic N) is 2. The molecule has 2 N–H and O–H groups in total. The molecule has 0 heterocycles. The molecule has 2 amide bonds. The number of hydrogen-bond acceptors (Lipinski definition) is 5. The highest BCUT2D eigenvalue weighted by Gasteiger charge is 2.31. The van der Waals surface area contributed by atoms with Crippen LogP contribution in [0.3, 0.4) is 0 Å². The fourth-order valence-electron chi connectivity index (χ4n) is 4.77. The van der Waals surface area contributed by atoms with E-state index in [-0.39, 0.29) is 12.5 Å². The number of rotatable bonds is 11. The van der Waals surface area contributed by atoms with E-state index in [4.69, 9.17) is 4.74 Å². The molecule has 0 saturated carbocycles. The van der Waals surface area contributed by atoms with Crippen molar-refractivity contribution in [2.24, 2.45) is 0 Å². The topological polar surface area (TPSA) is 99.2 Å². The van der Waals surface area contributed by atoms with E-state index in [9.17, 15) is 19.5 Å². The summed E-state index contributed by atoms with van der Waals surface area (Å²) in [5, 5.41) is 12.0. The monoisotopic (exact) mass is 515 g/mol. The Bertz CT molecular complexity index is 1230. The summed E-state index contributed by atoms with van der Waals surface area (Å²) < 4.78 is 5.58. The fourth-order valence-corrected chi connectivity index (χ4v) is 4.77. The smallest absolute Gasteiger partial charge is 0.407 e. The summed E-state index contributed by atoms with van der Waals surface area (Å²) in [5.41, 5.74) is 5.26. The van der Waals surface area contributed by atoms with Crippen molar-refractivity contribution in [2.75, 3.05) is 33.8 Å². The second kappa shape index (κ2) is 12.4. The molecular formula is C30H33N3O5. The van der Waals surface area contributed by atoms with Crippen molar-refractivity contribution >= 4 is 18.0 Å². The maximum Gasteiger partial charge on any atom is 0.407 e. The van der Waals surface area contributed by atoms with Crippen LogP contribution < -0.4 is 5.32 Å². The number of amides is 2. The molecule has 0 saturated heterocycles. The van der Waals surface area contributed by atoms with Gasteiger partial charge in [-0.15, -0.1) is 0 Å². The van der Waals surface area contributed by atoms with Gasteiger partial charge in [0.25, 0.3) is 0 Å². The minimum absolute atomic E-state index is 0.0716. The van der Waals surface area contributed by atoms with E-state index >= 15 is 0 Å². The van der Waals surface area contributed by atoms with Gasteiger partial charge in [0, 0.05) is 25.6 Å². The average molecular weight is 516 g/mol. The first-order chi connectivity index (χ1) is 18.3. The van der Waals surface area contributed by atoms with E-state index in [1.807, 2.05) is 97.9 Å². The third-order valence-electron chi connectivity index (χ3n) is 6.66. The van der Waals surface area contributed by atoms with Crippen LogP contribution in [0.15, 0.2) is 78.9 Å². The molecule has 1 atom stereocenters. The van der Waals surface area contributed by atoms with Crippen LogP contribution in [0.1, 0.15) is 29.0 Å². The Morgan fingerprint density at radius 1 is 0.868 bits per heavy atom. The second-order valence-electron chi connectivity index (χ2n) is 9.67. The summed E-state index contributed by atoms with van der Waals surface area (Å²) in [6.07, 6.45) is -1.37. The lowest BCUT2D eigenvalue weighted by Gasteiger charge is -2.28. The summed E-state index contributed by atoms with van der Waals surface area (Å²) in [7, 11) is 3.80. The molecule has 3 aromatic rings. The molecule has 38 heavy (non-hydrogen) atoms. The van der Waals surface area contributed by atoms with E-state index in [1.54, 1.807) is 4.90 Å². The number of fused-ring (bicyclic) bond motifs is 3. The molecule has 0 spiro atoms. The zero-order valence-corrected chi connectivity index (χ0v) is 21.7. The van der Waals surface area contributed by atoms with Gasteiger partial charge in [0.1, 0.15) is 12.6 Å². The summed E-state index contributed by atoms with van der Waals surface area (Å²) in [4.78, 5) is 41.5. The molecule has 0 aromatic heterocycles. The standard InChI is InChI=1S/C30H33N3O5/c1-32(2)16-17-33(19-21-10-4-3-5-11-21)29(36)27(18-28(34)35)31-30(37)38-20-26-24-14-8-6-12-22(24)23-13-7-9-15-25(23)26/h3-15,26-27H,16-20H2,1-2H3,(H,31,37)(H,34,35). The minimum atomic E-state index is -1.26. The Kier molecular flexibility index (Phi) is 8.76. The maximum absolute atomic E-state index is 13.5. The van der Waals surface area contributed by atoms with Crippen molar-refractivity contribution in [1.29, 1.82) is 0 Å². The molecule has 1 aliphatic rings. The molecule has 0 aliphatic heterocycles. The average Bonchev–Trinajstić information content (AvgIpc) is 3.23. The Hall–Kier alpha value is -4.17. The van der Waals surface area contributed by atoms with Gasteiger partial charge in [-0.05, 0) is 41.9 Å². The number of carboxylic acid groups (broad SMARTS) is 1. The van der Waals surface area contributed by atoms with Crippen LogP contribution >= 0.6 is 0 Å². The van der Waals surface area contributed by atoms with Crippen LogP contribution in [0.2, 0.25) is 0 Å². The molecule has 0 fully saturated rings. The van der Waals surface area contributed by atoms with Crippen LogP contribution in [-0.4, -0.2) is 72.7 Å². The van der Waals surface area contributed by atoms with Gasteiger partial charge in [-0.3, -0.25) is 9.59 Å². The quantitative estimate of drug-likeness (QED) is 0.401. The van der Waals surface area contributed by atoms with Gasteiger partial charge in [-0.2, -0.15) is 0 Å². The fraction of sp³-hybridized carbons (Fsp3) is 0.300. The highest BCUT2D eigenvalue weighted by Crippen LogP contribution is 2.44. The van der Waals surface area contributed by atoms with Gasteiger partial charge in [0.05, 0.1) is 6.42 Å². The normalized spacial score (nSPS) is 12.9. The molecule has 1 unspecified atom stereocenters. The Morgan fingerprint density at radius 3 is 2.03 bits per heavy atom. The van der Waals surface area contributed by atoms with Crippen LogP contribution in [0.5, 0.6) is 0 Å². The van der Waals surface area contributed by atoms with Crippen molar-refractivity contribution in [3.8, 4) is 11.1 Å². The number of aliphatic carboxylic acids is 1. The van der Waals surface area contributed by atoms with Crippen molar-refractivity contribution in [2.45, 2.75) is 24.9 Å². The molecule has 0 radical (unpaired) electrons. The molecule has 0 bridgehead atoms. The van der Waals surface area contributed by atoms with Crippen LogP contribution in [0.4, 0.5) is 4.79 Å². The van der Waals surface area contributed by atoms with Crippen molar-refractivity contribution in [3.63, 3.8) is 0 Å². The molecule has 8 nitrogen and oxygen atoms in total. The highest BCUT2D eigenvalue weighted by atomic mass is 16.5. The second-order valence-corrected chi connectivity index (χ2v) is 9.67. The molecule has 4 rings (SSSR count).